The summed E-state index contributed by atoms with van der Waals surface area (Å²) in [5, 5.41) is 9.32. The molecule has 0 atom stereocenters. The van der Waals surface area contributed by atoms with Gasteiger partial charge in [-0.25, -0.2) is 0 Å². The molecule has 2 aliphatic rings. The first kappa shape index (κ1) is 17.3. The Bertz CT molecular complexity index is 1380. The second-order valence-electron chi connectivity index (χ2n) is 7.42. The molecule has 6 heteroatoms. The quantitative estimate of drug-likeness (QED) is 0.312. The van der Waals surface area contributed by atoms with E-state index in [1.54, 1.807) is 12.1 Å². The molecule has 0 bridgehead atoms. The van der Waals surface area contributed by atoms with Gasteiger partial charge < -0.3 is 14.3 Å². The highest BCUT2D eigenvalue weighted by molar-refractivity contribution is 6.98. The SMILES string of the molecule is [C-]#[N+]c1cc(-c2cc3c4c(c2)Oc2ccccc2B4c2ccccc2O3)cc(C#N)n1. The van der Waals surface area contributed by atoms with Gasteiger partial charge in [0.2, 0.25) is 5.69 Å². The first-order valence-electron chi connectivity index (χ1n) is 9.76. The van der Waals surface area contributed by atoms with Crippen molar-refractivity contribution in [1.29, 1.82) is 5.26 Å². The Morgan fingerprint density at radius 3 is 1.97 bits per heavy atom. The molecule has 0 N–H and O–H groups in total. The molecule has 31 heavy (non-hydrogen) atoms. The van der Waals surface area contributed by atoms with Crippen LogP contribution < -0.4 is 25.9 Å². The normalized spacial score (nSPS) is 12.3. The molecule has 0 radical (unpaired) electrons. The van der Waals surface area contributed by atoms with Gasteiger partial charge in [0.1, 0.15) is 29.1 Å². The molecule has 5 nitrogen and oxygen atoms in total. The van der Waals surface area contributed by atoms with Crippen LogP contribution in [0, 0.1) is 17.9 Å². The van der Waals surface area contributed by atoms with E-state index in [-0.39, 0.29) is 18.2 Å². The fraction of sp³-hybridized carbons (Fsp3) is 0. The summed E-state index contributed by atoms with van der Waals surface area (Å²) in [6.07, 6.45) is 0. The standard InChI is InChI=1S/C25H12BN3O2/c1-28-24-13-15(10-17(14-27)29-24)16-11-22-25-23(12-16)31-21-9-5-3-7-19(21)26(25)18-6-2-4-8-20(18)30-22/h2-13H. The Morgan fingerprint density at radius 2 is 1.39 bits per heavy atom. The maximum Gasteiger partial charge on any atom is 0.271 e. The zero-order chi connectivity index (χ0) is 20.9. The second-order valence-corrected chi connectivity index (χ2v) is 7.42. The molecular formula is C25H12BN3O2. The van der Waals surface area contributed by atoms with Gasteiger partial charge >= 0.3 is 0 Å². The van der Waals surface area contributed by atoms with E-state index in [2.05, 4.69) is 22.0 Å². The summed E-state index contributed by atoms with van der Waals surface area (Å²) in [5.74, 6) is 3.23. The first-order chi connectivity index (χ1) is 15.2. The summed E-state index contributed by atoms with van der Waals surface area (Å²) in [5.41, 5.74) is 4.91. The van der Waals surface area contributed by atoms with Gasteiger partial charge in [-0.05, 0) is 52.4 Å². The van der Waals surface area contributed by atoms with Crippen molar-refractivity contribution in [2.75, 3.05) is 0 Å². The van der Waals surface area contributed by atoms with E-state index in [1.165, 1.54) is 0 Å². The monoisotopic (exact) mass is 397 g/mol. The third-order valence-corrected chi connectivity index (χ3v) is 5.67. The van der Waals surface area contributed by atoms with Crippen molar-refractivity contribution < 1.29 is 9.47 Å². The molecule has 1 aromatic heterocycles. The lowest BCUT2D eigenvalue weighted by Gasteiger charge is -2.33. The number of para-hydroxylation sites is 2. The molecule has 6 rings (SSSR count). The van der Waals surface area contributed by atoms with Gasteiger partial charge in [0.15, 0.2) is 0 Å². The molecule has 0 spiro atoms. The number of aromatic nitrogens is 1. The van der Waals surface area contributed by atoms with Gasteiger partial charge in [-0.15, -0.1) is 4.98 Å². The first-order valence-corrected chi connectivity index (χ1v) is 9.76. The van der Waals surface area contributed by atoms with Crippen molar-refractivity contribution in [2.24, 2.45) is 0 Å². The van der Waals surface area contributed by atoms with Crippen LogP contribution in [-0.2, 0) is 0 Å². The zero-order valence-corrected chi connectivity index (χ0v) is 16.2. The Balaban J connectivity index is 1.61. The van der Waals surface area contributed by atoms with Crippen LogP contribution in [0.5, 0.6) is 23.0 Å². The van der Waals surface area contributed by atoms with E-state index in [0.29, 0.717) is 11.5 Å². The molecule has 0 amide bonds. The largest absolute Gasteiger partial charge is 0.458 e. The number of rotatable bonds is 1. The molecular weight excluding hydrogens is 385 g/mol. The predicted octanol–water partition coefficient (Wildman–Crippen LogP) is 3.90. The molecule has 3 aromatic carbocycles. The third kappa shape index (κ3) is 2.60. The summed E-state index contributed by atoms with van der Waals surface area (Å²) in [6, 6.07) is 25.4. The van der Waals surface area contributed by atoms with Gasteiger partial charge in [0, 0.05) is 11.5 Å². The summed E-state index contributed by atoms with van der Waals surface area (Å²) in [4.78, 5) is 7.43. The predicted molar refractivity (Wildman–Crippen MR) is 118 cm³/mol. The number of nitrogens with zero attached hydrogens (tertiary/aromatic N) is 3. The molecule has 0 fully saturated rings. The van der Waals surface area contributed by atoms with Gasteiger partial charge in [-0.2, -0.15) is 5.26 Å². The van der Waals surface area contributed by atoms with Crippen molar-refractivity contribution in [3.05, 3.63) is 89.9 Å². The molecule has 0 saturated carbocycles. The highest BCUT2D eigenvalue weighted by atomic mass is 16.5. The second kappa shape index (κ2) is 6.48. The number of pyridine rings is 1. The smallest absolute Gasteiger partial charge is 0.271 e. The molecule has 0 aliphatic carbocycles. The van der Waals surface area contributed by atoms with Crippen molar-refractivity contribution >= 4 is 28.9 Å². The molecule has 3 heterocycles. The van der Waals surface area contributed by atoms with Crippen molar-refractivity contribution in [3.8, 4) is 40.2 Å². The lowest BCUT2D eigenvalue weighted by molar-refractivity contribution is 0.465. The molecule has 4 aromatic rings. The van der Waals surface area contributed by atoms with Crippen LogP contribution in [0.1, 0.15) is 5.69 Å². The number of fused-ring (bicyclic) bond motifs is 4. The number of hydrogen-bond donors (Lipinski definition) is 0. The van der Waals surface area contributed by atoms with Gasteiger partial charge in [-0.3, -0.25) is 0 Å². The topological polar surface area (TPSA) is 59.5 Å². The maximum atomic E-state index is 9.32. The van der Waals surface area contributed by atoms with E-state index in [4.69, 9.17) is 16.0 Å². The maximum absolute atomic E-state index is 9.32. The van der Waals surface area contributed by atoms with Crippen LogP contribution in [0.3, 0.4) is 0 Å². The molecule has 2 aliphatic heterocycles. The van der Waals surface area contributed by atoms with Crippen LogP contribution in [0.15, 0.2) is 72.8 Å². The highest BCUT2D eigenvalue weighted by Crippen LogP contribution is 2.38. The minimum atomic E-state index is 0.0138. The number of ether oxygens (including phenoxy) is 2. The van der Waals surface area contributed by atoms with E-state index in [0.717, 1.165) is 39.0 Å². The zero-order valence-electron chi connectivity index (χ0n) is 16.2. The average molecular weight is 397 g/mol. The summed E-state index contributed by atoms with van der Waals surface area (Å²) in [6.45, 7) is 7.32. The van der Waals surface area contributed by atoms with Gasteiger partial charge in [0.25, 0.3) is 12.5 Å². The highest BCUT2D eigenvalue weighted by Gasteiger charge is 2.40. The Hall–Kier alpha value is -4.55. The van der Waals surface area contributed by atoms with Crippen LogP contribution in [0.2, 0.25) is 0 Å². The average Bonchev–Trinajstić information content (AvgIpc) is 2.83. The number of hydrogen-bond acceptors (Lipinski definition) is 4. The van der Waals surface area contributed by atoms with E-state index >= 15 is 0 Å². The summed E-state index contributed by atoms with van der Waals surface area (Å²) in [7, 11) is 0. The van der Waals surface area contributed by atoms with E-state index in [1.807, 2.05) is 54.6 Å². The van der Waals surface area contributed by atoms with Crippen molar-refractivity contribution in [1.82, 2.24) is 4.98 Å². The lowest BCUT2D eigenvalue weighted by atomic mass is 9.35. The summed E-state index contributed by atoms with van der Waals surface area (Å²) < 4.78 is 12.6. The van der Waals surface area contributed by atoms with E-state index in [9.17, 15) is 5.26 Å². The van der Waals surface area contributed by atoms with Crippen molar-refractivity contribution in [3.63, 3.8) is 0 Å². The minimum absolute atomic E-state index is 0.0138. The van der Waals surface area contributed by atoms with Gasteiger partial charge in [-0.1, -0.05) is 43.0 Å². The lowest BCUT2D eigenvalue weighted by Crippen LogP contribution is -2.57. The van der Waals surface area contributed by atoms with Crippen LogP contribution in [0.25, 0.3) is 16.0 Å². The minimum Gasteiger partial charge on any atom is -0.458 e. The van der Waals surface area contributed by atoms with Crippen LogP contribution in [-0.4, -0.2) is 11.7 Å². The summed E-state index contributed by atoms with van der Waals surface area (Å²) >= 11 is 0. The van der Waals surface area contributed by atoms with Crippen LogP contribution >= 0.6 is 0 Å². The third-order valence-electron chi connectivity index (χ3n) is 5.67. The molecule has 0 saturated heterocycles. The Kier molecular flexibility index (Phi) is 3.62. The number of benzene rings is 3. The number of nitriles is 1. The Morgan fingerprint density at radius 1 is 0.806 bits per heavy atom. The fourth-order valence-corrected chi connectivity index (χ4v) is 4.36. The van der Waals surface area contributed by atoms with Gasteiger partial charge in [0.05, 0.1) is 0 Å². The Labute approximate surface area is 179 Å². The molecule has 142 valence electrons. The molecule has 0 unspecified atom stereocenters. The van der Waals surface area contributed by atoms with Crippen LogP contribution in [0.4, 0.5) is 5.82 Å². The van der Waals surface area contributed by atoms with Crippen molar-refractivity contribution in [2.45, 2.75) is 0 Å². The van der Waals surface area contributed by atoms with E-state index < -0.39 is 0 Å². The fourth-order valence-electron chi connectivity index (χ4n) is 4.36.